The number of hydrogen-bond donors (Lipinski definition) is 3. The number of nitrogens with one attached hydrogen (secondary N) is 2. The predicted octanol–water partition coefficient (Wildman–Crippen LogP) is 0.425. The standard InChI is InChI=1S/C24H32N2O2/c27-22(19-28-24-12-6-10-21-9-4-5-11-23(21)24)18-26-15-13-25(14-16-26)17-20-7-2-1-3-8-20/h1-5,7-9,11,22,24,27H,6,10,12-19H2/p+2/t22-,24+/m1/s1. The number of hydrogen-bond acceptors (Lipinski definition) is 2. The number of rotatable bonds is 7. The van der Waals surface area contributed by atoms with Crippen molar-refractivity contribution < 1.29 is 19.6 Å². The van der Waals surface area contributed by atoms with E-state index in [1.807, 2.05) is 0 Å². The lowest BCUT2D eigenvalue weighted by atomic mass is 9.89. The molecule has 2 aliphatic rings. The second kappa shape index (κ2) is 9.66. The number of quaternary nitrogens is 2. The van der Waals surface area contributed by atoms with Gasteiger partial charge in [-0.15, -0.1) is 0 Å². The van der Waals surface area contributed by atoms with E-state index in [0.29, 0.717) is 6.61 Å². The summed E-state index contributed by atoms with van der Waals surface area (Å²) in [4.78, 5) is 3.16. The zero-order valence-corrected chi connectivity index (χ0v) is 16.8. The summed E-state index contributed by atoms with van der Waals surface area (Å²) in [5, 5.41) is 10.5. The van der Waals surface area contributed by atoms with E-state index in [2.05, 4.69) is 54.6 Å². The topological polar surface area (TPSA) is 38.3 Å². The molecule has 4 nitrogen and oxygen atoms in total. The summed E-state index contributed by atoms with van der Waals surface area (Å²) in [6.45, 7) is 6.97. The fraction of sp³-hybridized carbons (Fsp3) is 0.500. The Labute approximate surface area is 168 Å². The van der Waals surface area contributed by atoms with Crippen molar-refractivity contribution >= 4 is 0 Å². The minimum absolute atomic E-state index is 0.154. The molecule has 0 unspecified atom stereocenters. The van der Waals surface area contributed by atoms with Crippen LogP contribution in [0.2, 0.25) is 0 Å². The number of piperazine rings is 1. The lowest BCUT2D eigenvalue weighted by Crippen LogP contribution is -3.28. The molecule has 2 atom stereocenters. The molecule has 0 saturated carbocycles. The first-order chi connectivity index (χ1) is 13.8. The number of aryl methyl sites for hydroxylation is 1. The molecule has 4 rings (SSSR count). The van der Waals surface area contributed by atoms with Gasteiger partial charge in [0, 0.05) is 5.56 Å². The maximum Gasteiger partial charge on any atom is 0.127 e. The molecular weight excluding hydrogens is 348 g/mol. The summed E-state index contributed by atoms with van der Waals surface area (Å²) in [6.07, 6.45) is 3.17. The van der Waals surface area contributed by atoms with Gasteiger partial charge in [0.05, 0.1) is 12.7 Å². The fourth-order valence-corrected chi connectivity index (χ4v) is 4.72. The van der Waals surface area contributed by atoms with Gasteiger partial charge in [-0.2, -0.15) is 0 Å². The predicted molar refractivity (Wildman–Crippen MR) is 110 cm³/mol. The molecule has 0 aromatic heterocycles. The zero-order valence-electron chi connectivity index (χ0n) is 16.8. The van der Waals surface area contributed by atoms with Gasteiger partial charge in [0.15, 0.2) is 0 Å². The van der Waals surface area contributed by atoms with Crippen LogP contribution in [-0.4, -0.2) is 50.5 Å². The number of ether oxygens (including phenoxy) is 1. The minimum atomic E-state index is -0.375. The van der Waals surface area contributed by atoms with E-state index in [0.717, 1.165) is 39.0 Å². The molecule has 1 fully saturated rings. The molecule has 3 N–H and O–H groups in total. The average Bonchev–Trinajstić information content (AvgIpc) is 2.74. The Morgan fingerprint density at radius 3 is 2.46 bits per heavy atom. The van der Waals surface area contributed by atoms with E-state index in [1.54, 1.807) is 4.90 Å². The number of benzene rings is 2. The Hall–Kier alpha value is -1.72. The maximum absolute atomic E-state index is 10.5. The molecule has 2 aromatic rings. The summed E-state index contributed by atoms with van der Waals surface area (Å²) >= 11 is 0. The van der Waals surface area contributed by atoms with Crippen molar-refractivity contribution in [1.29, 1.82) is 0 Å². The maximum atomic E-state index is 10.5. The molecular formula is C24H34N2O2+2. The van der Waals surface area contributed by atoms with Crippen LogP contribution >= 0.6 is 0 Å². The van der Waals surface area contributed by atoms with Crippen LogP contribution in [0.15, 0.2) is 54.6 Å². The highest BCUT2D eigenvalue weighted by molar-refractivity contribution is 5.31. The van der Waals surface area contributed by atoms with Crippen molar-refractivity contribution in [2.45, 2.75) is 38.0 Å². The molecule has 1 aliphatic heterocycles. The van der Waals surface area contributed by atoms with E-state index >= 15 is 0 Å². The molecule has 2 aromatic carbocycles. The van der Waals surface area contributed by atoms with Gasteiger partial charge < -0.3 is 19.6 Å². The Morgan fingerprint density at radius 1 is 0.929 bits per heavy atom. The van der Waals surface area contributed by atoms with Crippen LogP contribution in [0.4, 0.5) is 0 Å². The summed E-state index contributed by atoms with van der Waals surface area (Å²) < 4.78 is 6.14. The van der Waals surface area contributed by atoms with Crippen molar-refractivity contribution in [2.24, 2.45) is 0 Å². The Morgan fingerprint density at radius 2 is 1.64 bits per heavy atom. The van der Waals surface area contributed by atoms with Gasteiger partial charge in [-0.05, 0) is 30.4 Å². The normalized spacial score (nSPS) is 25.8. The van der Waals surface area contributed by atoms with Crippen LogP contribution in [0.3, 0.4) is 0 Å². The summed E-state index contributed by atoms with van der Waals surface area (Å²) in [6, 6.07) is 19.4. The first-order valence-electron chi connectivity index (χ1n) is 10.9. The van der Waals surface area contributed by atoms with Crippen molar-refractivity contribution in [2.75, 3.05) is 39.3 Å². The number of aliphatic hydroxyl groups excluding tert-OH is 1. The van der Waals surface area contributed by atoms with Gasteiger partial charge in [0.1, 0.15) is 45.4 Å². The molecule has 0 radical (unpaired) electrons. The number of aliphatic hydroxyl groups is 1. The van der Waals surface area contributed by atoms with E-state index < -0.39 is 0 Å². The second-order valence-electron chi connectivity index (χ2n) is 8.43. The zero-order chi connectivity index (χ0) is 19.2. The van der Waals surface area contributed by atoms with Crippen molar-refractivity contribution in [3.8, 4) is 0 Å². The summed E-state index contributed by atoms with van der Waals surface area (Å²) in [7, 11) is 0. The quantitative estimate of drug-likeness (QED) is 0.650. The van der Waals surface area contributed by atoms with Crippen molar-refractivity contribution in [3.63, 3.8) is 0 Å². The highest BCUT2D eigenvalue weighted by atomic mass is 16.5. The molecule has 1 aliphatic carbocycles. The van der Waals surface area contributed by atoms with Crippen molar-refractivity contribution in [1.82, 2.24) is 0 Å². The second-order valence-corrected chi connectivity index (χ2v) is 8.43. The van der Waals surface area contributed by atoms with E-state index in [-0.39, 0.29) is 12.2 Å². The van der Waals surface area contributed by atoms with E-state index in [1.165, 1.54) is 41.1 Å². The molecule has 150 valence electrons. The third kappa shape index (κ3) is 5.21. The SMILES string of the molecule is O[C@@H](CO[C@H]1CCCc2ccccc21)C[NH+]1CC[NH+](Cc2ccccc2)CC1. The first-order valence-corrected chi connectivity index (χ1v) is 10.9. The molecule has 0 spiro atoms. The average molecular weight is 383 g/mol. The summed E-state index contributed by atoms with van der Waals surface area (Å²) in [5.41, 5.74) is 4.16. The third-order valence-electron chi connectivity index (χ3n) is 6.29. The van der Waals surface area contributed by atoms with Crippen LogP contribution in [0.5, 0.6) is 0 Å². The molecule has 0 bridgehead atoms. The van der Waals surface area contributed by atoms with Crippen LogP contribution in [0, 0.1) is 0 Å². The van der Waals surface area contributed by atoms with Gasteiger partial charge >= 0.3 is 0 Å². The fourth-order valence-electron chi connectivity index (χ4n) is 4.72. The molecule has 1 heterocycles. The Balaban J connectivity index is 1.19. The van der Waals surface area contributed by atoms with Crippen molar-refractivity contribution in [3.05, 3.63) is 71.3 Å². The van der Waals surface area contributed by atoms with Gasteiger partial charge in [-0.3, -0.25) is 0 Å². The highest BCUT2D eigenvalue weighted by Crippen LogP contribution is 2.32. The van der Waals surface area contributed by atoms with Crippen LogP contribution < -0.4 is 9.80 Å². The van der Waals surface area contributed by atoms with Crippen LogP contribution in [-0.2, 0) is 17.7 Å². The van der Waals surface area contributed by atoms with Gasteiger partial charge in [0.25, 0.3) is 0 Å². The van der Waals surface area contributed by atoms with Gasteiger partial charge in [0.2, 0.25) is 0 Å². The van der Waals surface area contributed by atoms with Crippen LogP contribution in [0.25, 0.3) is 0 Å². The van der Waals surface area contributed by atoms with E-state index in [9.17, 15) is 5.11 Å². The van der Waals surface area contributed by atoms with Crippen LogP contribution in [0.1, 0.15) is 35.6 Å². The molecule has 0 amide bonds. The Kier molecular flexibility index (Phi) is 6.76. The largest absolute Gasteiger partial charge is 0.385 e. The highest BCUT2D eigenvalue weighted by Gasteiger charge is 2.26. The first kappa shape index (κ1) is 19.6. The number of fused-ring (bicyclic) bond motifs is 1. The Bertz CT molecular complexity index is 728. The van der Waals surface area contributed by atoms with Gasteiger partial charge in [-0.1, -0.05) is 54.6 Å². The molecule has 1 saturated heterocycles. The third-order valence-corrected chi connectivity index (χ3v) is 6.29. The summed E-state index contributed by atoms with van der Waals surface area (Å²) in [5.74, 6) is 0. The smallest absolute Gasteiger partial charge is 0.127 e. The lowest BCUT2D eigenvalue weighted by Gasteiger charge is -2.31. The molecule has 28 heavy (non-hydrogen) atoms. The van der Waals surface area contributed by atoms with Gasteiger partial charge in [-0.25, -0.2) is 0 Å². The minimum Gasteiger partial charge on any atom is -0.385 e. The van der Waals surface area contributed by atoms with E-state index in [4.69, 9.17) is 4.74 Å². The monoisotopic (exact) mass is 382 g/mol. The lowest BCUT2D eigenvalue weighted by molar-refractivity contribution is -1.02. The molecule has 4 heteroatoms.